The van der Waals surface area contributed by atoms with Crippen LogP contribution >= 0.6 is 11.3 Å². The zero-order chi connectivity index (χ0) is 16.5. The molecule has 1 aliphatic rings. The molecule has 1 aromatic carbocycles. The van der Waals surface area contributed by atoms with Crippen LogP contribution in [0.5, 0.6) is 0 Å². The monoisotopic (exact) mass is 340 g/mol. The number of benzene rings is 1. The second kappa shape index (κ2) is 6.42. The Balaban J connectivity index is 1.79. The Labute approximate surface area is 144 Å². The molecule has 0 saturated heterocycles. The van der Waals surface area contributed by atoms with E-state index in [2.05, 4.69) is 11.4 Å². The summed E-state index contributed by atoms with van der Waals surface area (Å²) in [5.41, 5.74) is 2.31. The van der Waals surface area contributed by atoms with Gasteiger partial charge in [-0.05, 0) is 30.4 Å². The number of hydrogen-bond donors (Lipinski definition) is 2. The summed E-state index contributed by atoms with van der Waals surface area (Å²) in [6, 6.07) is 12.6. The third-order valence-corrected chi connectivity index (χ3v) is 5.71. The van der Waals surface area contributed by atoms with Crippen molar-refractivity contribution in [1.29, 1.82) is 0 Å². The highest BCUT2D eigenvalue weighted by Crippen LogP contribution is 2.29. The van der Waals surface area contributed by atoms with Gasteiger partial charge in [-0.2, -0.15) is 0 Å². The summed E-state index contributed by atoms with van der Waals surface area (Å²) in [4.78, 5) is 13.2. The average Bonchev–Trinajstić information content (AvgIpc) is 3.13. The Morgan fingerprint density at radius 3 is 2.75 bits per heavy atom. The van der Waals surface area contributed by atoms with E-state index in [-0.39, 0.29) is 0 Å². The number of hydrogen-bond acceptors (Lipinski definition) is 3. The van der Waals surface area contributed by atoms with Gasteiger partial charge in [0.2, 0.25) is 0 Å². The first kappa shape index (κ1) is 15.4. The van der Waals surface area contributed by atoms with Crippen molar-refractivity contribution in [3.63, 3.8) is 0 Å². The molecule has 24 heavy (non-hydrogen) atoms. The maximum absolute atomic E-state index is 12.0. The number of para-hydroxylation sites is 1. The topological polar surface area (TPSA) is 54.3 Å². The van der Waals surface area contributed by atoms with Crippen LogP contribution in [0.3, 0.4) is 0 Å². The highest BCUT2D eigenvalue weighted by atomic mass is 32.1. The molecular weight excluding hydrogens is 320 g/mol. The van der Waals surface area contributed by atoms with Crippen molar-refractivity contribution in [1.82, 2.24) is 9.88 Å². The fourth-order valence-corrected chi connectivity index (χ4v) is 4.07. The number of thiophene rings is 1. The predicted molar refractivity (Wildman–Crippen MR) is 96.8 cm³/mol. The molecule has 2 aromatic heterocycles. The number of carboxylic acids is 1. The Morgan fingerprint density at radius 2 is 2.08 bits per heavy atom. The van der Waals surface area contributed by atoms with Crippen molar-refractivity contribution < 1.29 is 9.90 Å². The van der Waals surface area contributed by atoms with E-state index >= 15 is 0 Å². The highest BCUT2D eigenvalue weighted by Gasteiger charge is 2.24. The van der Waals surface area contributed by atoms with Gasteiger partial charge in [-0.15, -0.1) is 11.3 Å². The number of aromatic nitrogens is 1. The van der Waals surface area contributed by atoms with Crippen LogP contribution in [0.15, 0.2) is 41.8 Å². The number of carboxylic acid groups (broad SMARTS) is 1. The van der Waals surface area contributed by atoms with Gasteiger partial charge in [0.05, 0.1) is 6.54 Å². The molecule has 5 heteroatoms. The van der Waals surface area contributed by atoms with Gasteiger partial charge in [-0.3, -0.25) is 0 Å². The number of rotatable bonds is 6. The number of nitrogens with one attached hydrogen (secondary N) is 1. The molecule has 2 N–H and O–H groups in total. The van der Waals surface area contributed by atoms with Gasteiger partial charge in [-0.1, -0.05) is 30.7 Å². The summed E-state index contributed by atoms with van der Waals surface area (Å²) in [6.45, 7) is 1.22. The van der Waals surface area contributed by atoms with Gasteiger partial charge in [0.1, 0.15) is 5.69 Å². The van der Waals surface area contributed by atoms with Crippen LogP contribution < -0.4 is 5.32 Å². The molecule has 0 bridgehead atoms. The first-order valence-electron chi connectivity index (χ1n) is 8.33. The van der Waals surface area contributed by atoms with Crippen LogP contribution in [0.2, 0.25) is 0 Å². The van der Waals surface area contributed by atoms with Crippen molar-refractivity contribution in [2.75, 3.05) is 0 Å². The maximum Gasteiger partial charge on any atom is 0.352 e. The third-order valence-electron chi connectivity index (χ3n) is 4.85. The van der Waals surface area contributed by atoms with E-state index < -0.39 is 5.97 Å². The zero-order valence-corrected chi connectivity index (χ0v) is 14.2. The quantitative estimate of drug-likeness (QED) is 0.710. The fourth-order valence-electron chi connectivity index (χ4n) is 3.38. The molecule has 0 aliphatic heterocycles. The molecule has 0 unspecified atom stereocenters. The lowest BCUT2D eigenvalue weighted by Crippen LogP contribution is -2.34. The summed E-state index contributed by atoms with van der Waals surface area (Å²) < 4.78 is 1.95. The fraction of sp³-hybridized carbons (Fsp3) is 0.316. The lowest BCUT2D eigenvalue weighted by atomic mass is 9.93. The number of carbonyl (C=O) groups is 1. The first-order chi connectivity index (χ1) is 11.7. The molecular formula is C19H20N2O2S. The molecule has 1 fully saturated rings. The van der Waals surface area contributed by atoms with Crippen LogP contribution in [-0.4, -0.2) is 21.7 Å². The summed E-state index contributed by atoms with van der Waals surface area (Å²) in [5, 5.41) is 16.5. The van der Waals surface area contributed by atoms with Crippen molar-refractivity contribution in [2.45, 2.75) is 38.4 Å². The SMILES string of the molecule is O=C(O)c1c(CNC2CCC2)c2ccccc2n1Cc1cccs1. The number of nitrogens with zero attached hydrogens (tertiary/aromatic N) is 1. The van der Waals surface area contributed by atoms with Crippen LogP contribution in [0.1, 0.15) is 40.2 Å². The van der Waals surface area contributed by atoms with E-state index in [9.17, 15) is 9.90 Å². The van der Waals surface area contributed by atoms with E-state index in [0.717, 1.165) is 21.3 Å². The smallest absolute Gasteiger partial charge is 0.352 e. The number of fused-ring (bicyclic) bond motifs is 1. The van der Waals surface area contributed by atoms with Crippen molar-refractivity contribution in [3.8, 4) is 0 Å². The van der Waals surface area contributed by atoms with E-state index in [4.69, 9.17) is 0 Å². The third kappa shape index (κ3) is 2.74. The van der Waals surface area contributed by atoms with Crippen LogP contribution in [0, 0.1) is 0 Å². The van der Waals surface area contributed by atoms with Gasteiger partial charge in [-0.25, -0.2) is 4.79 Å². The van der Waals surface area contributed by atoms with Gasteiger partial charge >= 0.3 is 5.97 Å². The zero-order valence-electron chi connectivity index (χ0n) is 13.4. The minimum Gasteiger partial charge on any atom is -0.477 e. The molecule has 2 heterocycles. The molecule has 0 radical (unpaired) electrons. The van der Waals surface area contributed by atoms with E-state index in [1.165, 1.54) is 19.3 Å². The molecule has 0 spiro atoms. The van der Waals surface area contributed by atoms with Crippen LogP contribution in [-0.2, 0) is 13.1 Å². The molecule has 3 aromatic rings. The predicted octanol–water partition coefficient (Wildman–Crippen LogP) is 4.09. The Kier molecular flexibility index (Phi) is 4.12. The lowest BCUT2D eigenvalue weighted by Gasteiger charge is -2.26. The Morgan fingerprint density at radius 1 is 1.25 bits per heavy atom. The summed E-state index contributed by atoms with van der Waals surface area (Å²) in [6.07, 6.45) is 3.65. The lowest BCUT2D eigenvalue weighted by molar-refractivity contribution is 0.0684. The van der Waals surface area contributed by atoms with Gasteiger partial charge in [0, 0.05) is 33.9 Å². The van der Waals surface area contributed by atoms with E-state index in [0.29, 0.717) is 24.8 Å². The second-order valence-electron chi connectivity index (χ2n) is 6.32. The van der Waals surface area contributed by atoms with Crippen molar-refractivity contribution in [2.24, 2.45) is 0 Å². The average molecular weight is 340 g/mol. The standard InChI is InChI=1S/C19H20N2O2S/c22-19(23)18-16(11-20-13-5-3-6-13)15-8-1-2-9-17(15)21(18)12-14-7-4-10-24-14/h1-2,4,7-10,13,20H,3,5-6,11-12H2,(H,22,23). The molecule has 1 saturated carbocycles. The molecule has 4 nitrogen and oxygen atoms in total. The minimum atomic E-state index is -0.854. The molecule has 124 valence electrons. The van der Waals surface area contributed by atoms with Gasteiger partial charge in [0.15, 0.2) is 0 Å². The van der Waals surface area contributed by atoms with Gasteiger partial charge in [0.25, 0.3) is 0 Å². The van der Waals surface area contributed by atoms with E-state index in [1.807, 2.05) is 40.3 Å². The second-order valence-corrected chi connectivity index (χ2v) is 7.36. The Hall–Kier alpha value is -2.11. The van der Waals surface area contributed by atoms with Crippen LogP contribution in [0.4, 0.5) is 0 Å². The summed E-state index contributed by atoms with van der Waals surface area (Å²) in [5.74, 6) is -0.854. The first-order valence-corrected chi connectivity index (χ1v) is 9.21. The normalized spacial score (nSPS) is 14.8. The molecule has 1 aliphatic carbocycles. The molecule has 0 amide bonds. The molecule has 4 rings (SSSR count). The largest absolute Gasteiger partial charge is 0.477 e. The van der Waals surface area contributed by atoms with Crippen molar-refractivity contribution in [3.05, 3.63) is 57.9 Å². The summed E-state index contributed by atoms with van der Waals surface area (Å²) in [7, 11) is 0. The molecule has 0 atom stereocenters. The highest BCUT2D eigenvalue weighted by molar-refractivity contribution is 7.09. The summed E-state index contributed by atoms with van der Waals surface area (Å²) >= 11 is 1.66. The number of aromatic carboxylic acids is 1. The Bertz CT molecular complexity index is 863. The van der Waals surface area contributed by atoms with Crippen molar-refractivity contribution >= 4 is 28.2 Å². The maximum atomic E-state index is 12.0. The van der Waals surface area contributed by atoms with E-state index in [1.54, 1.807) is 11.3 Å². The minimum absolute atomic E-state index is 0.413. The van der Waals surface area contributed by atoms with Gasteiger partial charge < -0.3 is 15.0 Å². The van der Waals surface area contributed by atoms with Crippen LogP contribution in [0.25, 0.3) is 10.9 Å².